The molecule has 0 N–H and O–H groups in total. The van der Waals surface area contributed by atoms with Crippen molar-refractivity contribution in [1.82, 2.24) is 9.13 Å². The molecule has 0 aliphatic carbocycles. The number of benzene rings is 4. The van der Waals surface area contributed by atoms with Crippen molar-refractivity contribution in [3.8, 4) is 22.9 Å². The standard InChI is InChI=1S/C32H30N3/c1-21-19-22(2)30(23(3)20-21)35-27-16-10-9-15-26(27)24(4)31(35)32-33(5)28-17-11-12-18-29(28)34(32)25-13-7-6-8-14-25/h6-20H,1-5H3/q+1. The topological polar surface area (TPSA) is 13.7 Å². The van der Waals surface area contributed by atoms with Gasteiger partial charge in [-0.15, -0.1) is 0 Å². The zero-order valence-corrected chi connectivity index (χ0v) is 21.0. The van der Waals surface area contributed by atoms with Crippen molar-refractivity contribution in [3.63, 3.8) is 0 Å². The predicted molar refractivity (Wildman–Crippen MR) is 146 cm³/mol. The first-order valence-corrected chi connectivity index (χ1v) is 12.2. The second-order valence-corrected chi connectivity index (χ2v) is 9.62. The Morgan fingerprint density at radius 3 is 1.94 bits per heavy atom. The fourth-order valence-corrected chi connectivity index (χ4v) is 5.84. The molecule has 0 aliphatic heterocycles. The van der Waals surface area contributed by atoms with Crippen LogP contribution in [0.2, 0.25) is 0 Å². The molecule has 0 amide bonds. The van der Waals surface area contributed by atoms with Crippen LogP contribution in [-0.4, -0.2) is 9.13 Å². The van der Waals surface area contributed by atoms with Crippen molar-refractivity contribution in [2.45, 2.75) is 27.7 Å². The van der Waals surface area contributed by atoms with Crippen LogP contribution in [0.1, 0.15) is 22.3 Å². The van der Waals surface area contributed by atoms with E-state index >= 15 is 0 Å². The SMILES string of the molecule is Cc1cc(C)c(-n2c(-c3n(-c4ccccc4)c4ccccc4[n+]3C)c(C)c3ccccc32)c(C)c1. The predicted octanol–water partition coefficient (Wildman–Crippen LogP) is 7.30. The van der Waals surface area contributed by atoms with E-state index in [0.717, 1.165) is 5.69 Å². The van der Waals surface area contributed by atoms with E-state index in [1.165, 1.54) is 61.4 Å². The van der Waals surface area contributed by atoms with Gasteiger partial charge in [0.1, 0.15) is 11.4 Å². The first-order chi connectivity index (χ1) is 17.0. The van der Waals surface area contributed by atoms with Crippen molar-refractivity contribution < 1.29 is 4.57 Å². The maximum Gasteiger partial charge on any atom is 0.312 e. The Morgan fingerprint density at radius 1 is 0.629 bits per heavy atom. The average Bonchev–Trinajstić information content (AvgIpc) is 3.30. The highest BCUT2D eigenvalue weighted by molar-refractivity contribution is 5.94. The lowest BCUT2D eigenvalue weighted by Crippen LogP contribution is -2.31. The van der Waals surface area contributed by atoms with Gasteiger partial charge in [-0.3, -0.25) is 0 Å². The summed E-state index contributed by atoms with van der Waals surface area (Å²) in [5, 5.41) is 1.28. The van der Waals surface area contributed by atoms with Crippen LogP contribution in [0.4, 0.5) is 0 Å². The zero-order valence-electron chi connectivity index (χ0n) is 21.0. The molecule has 172 valence electrons. The fraction of sp³-hybridized carbons (Fsp3) is 0.156. The van der Waals surface area contributed by atoms with Crippen LogP contribution < -0.4 is 4.57 Å². The number of para-hydroxylation sites is 4. The van der Waals surface area contributed by atoms with Gasteiger partial charge in [-0.05, 0) is 74.7 Å². The molecular formula is C32H30N3+. The molecule has 0 unspecified atom stereocenters. The minimum atomic E-state index is 1.16. The molecule has 3 heteroatoms. The van der Waals surface area contributed by atoms with Gasteiger partial charge < -0.3 is 4.57 Å². The van der Waals surface area contributed by atoms with Crippen LogP contribution in [0.3, 0.4) is 0 Å². The van der Waals surface area contributed by atoms with Crippen LogP contribution in [0.5, 0.6) is 0 Å². The lowest BCUT2D eigenvalue weighted by atomic mass is 10.0. The van der Waals surface area contributed by atoms with Gasteiger partial charge in [0.15, 0.2) is 11.0 Å². The third-order valence-corrected chi connectivity index (χ3v) is 7.23. The number of nitrogens with zero attached hydrogens (tertiary/aromatic N) is 3. The highest BCUT2D eigenvalue weighted by Gasteiger charge is 2.32. The molecule has 35 heavy (non-hydrogen) atoms. The molecular weight excluding hydrogens is 426 g/mol. The summed E-state index contributed by atoms with van der Waals surface area (Å²) >= 11 is 0. The van der Waals surface area contributed by atoms with Crippen LogP contribution >= 0.6 is 0 Å². The molecule has 2 aromatic heterocycles. The van der Waals surface area contributed by atoms with Crippen molar-refractivity contribution in [2.75, 3.05) is 0 Å². The van der Waals surface area contributed by atoms with E-state index in [1.54, 1.807) is 0 Å². The van der Waals surface area contributed by atoms with E-state index in [9.17, 15) is 0 Å². The average molecular weight is 457 g/mol. The van der Waals surface area contributed by atoms with Crippen LogP contribution in [-0.2, 0) is 7.05 Å². The molecule has 6 aromatic rings. The second kappa shape index (κ2) is 7.99. The molecule has 0 atom stereocenters. The Kier molecular flexibility index (Phi) is 4.89. The summed E-state index contributed by atoms with van der Waals surface area (Å²) in [4.78, 5) is 0. The smallest absolute Gasteiger partial charge is 0.302 e. The van der Waals surface area contributed by atoms with Crippen LogP contribution in [0, 0.1) is 27.7 Å². The molecule has 4 aromatic carbocycles. The quantitative estimate of drug-likeness (QED) is 0.248. The van der Waals surface area contributed by atoms with Gasteiger partial charge in [-0.1, -0.05) is 66.2 Å². The fourth-order valence-electron chi connectivity index (χ4n) is 5.84. The summed E-state index contributed by atoms with van der Waals surface area (Å²) in [5.41, 5.74) is 12.4. The molecule has 2 heterocycles. The first-order valence-electron chi connectivity index (χ1n) is 12.2. The molecule has 0 saturated carbocycles. The normalized spacial score (nSPS) is 11.6. The van der Waals surface area contributed by atoms with E-state index in [2.05, 4.69) is 139 Å². The van der Waals surface area contributed by atoms with Gasteiger partial charge in [-0.25, -0.2) is 4.57 Å². The van der Waals surface area contributed by atoms with Crippen molar-refractivity contribution in [1.29, 1.82) is 0 Å². The highest BCUT2D eigenvalue weighted by atomic mass is 15.2. The molecule has 0 aliphatic rings. The number of imidazole rings is 1. The van der Waals surface area contributed by atoms with E-state index in [0.29, 0.717) is 0 Å². The Hall–Kier alpha value is -4.11. The molecule has 6 rings (SSSR count). The van der Waals surface area contributed by atoms with Crippen LogP contribution in [0.25, 0.3) is 44.8 Å². The molecule has 3 nitrogen and oxygen atoms in total. The number of hydrogen-bond acceptors (Lipinski definition) is 0. The lowest BCUT2D eigenvalue weighted by molar-refractivity contribution is -0.634. The molecule has 0 fully saturated rings. The first kappa shape index (κ1) is 21.4. The third-order valence-electron chi connectivity index (χ3n) is 7.23. The summed E-state index contributed by atoms with van der Waals surface area (Å²) < 4.78 is 7.24. The van der Waals surface area contributed by atoms with Gasteiger partial charge in [-0.2, -0.15) is 4.57 Å². The van der Waals surface area contributed by atoms with E-state index in [-0.39, 0.29) is 0 Å². The Labute approximate surface area is 206 Å². The van der Waals surface area contributed by atoms with Crippen molar-refractivity contribution in [2.24, 2.45) is 7.05 Å². The highest BCUT2D eigenvalue weighted by Crippen LogP contribution is 2.39. The number of fused-ring (bicyclic) bond motifs is 2. The Balaban J connectivity index is 1.84. The van der Waals surface area contributed by atoms with Gasteiger partial charge in [0.2, 0.25) is 0 Å². The summed E-state index contributed by atoms with van der Waals surface area (Å²) in [6, 6.07) is 32.8. The van der Waals surface area contributed by atoms with Crippen molar-refractivity contribution in [3.05, 3.63) is 113 Å². The Morgan fingerprint density at radius 2 is 1.23 bits per heavy atom. The number of aryl methyl sites for hydroxylation is 5. The summed E-state index contributed by atoms with van der Waals surface area (Å²) in [7, 11) is 2.19. The van der Waals surface area contributed by atoms with Gasteiger partial charge >= 0.3 is 5.82 Å². The number of rotatable bonds is 3. The van der Waals surface area contributed by atoms with E-state index in [1.807, 2.05) is 0 Å². The zero-order chi connectivity index (χ0) is 24.3. The summed E-state index contributed by atoms with van der Waals surface area (Å²) in [5.74, 6) is 1.17. The maximum absolute atomic E-state index is 2.49. The molecule has 0 saturated heterocycles. The second-order valence-electron chi connectivity index (χ2n) is 9.62. The number of aromatic nitrogens is 3. The molecule has 0 bridgehead atoms. The Bertz CT molecular complexity index is 1710. The molecule has 0 radical (unpaired) electrons. The van der Waals surface area contributed by atoms with Crippen molar-refractivity contribution >= 4 is 21.9 Å². The van der Waals surface area contributed by atoms with Gasteiger partial charge in [0.25, 0.3) is 0 Å². The van der Waals surface area contributed by atoms with Crippen LogP contribution in [0.15, 0.2) is 91.0 Å². The largest absolute Gasteiger partial charge is 0.312 e. The summed E-state index contributed by atoms with van der Waals surface area (Å²) in [6.07, 6.45) is 0. The van der Waals surface area contributed by atoms with Gasteiger partial charge in [0, 0.05) is 5.39 Å². The molecule has 0 spiro atoms. The van der Waals surface area contributed by atoms with E-state index < -0.39 is 0 Å². The lowest BCUT2D eigenvalue weighted by Gasteiger charge is -2.17. The van der Waals surface area contributed by atoms with E-state index in [4.69, 9.17) is 0 Å². The minimum absolute atomic E-state index is 1.16. The van der Waals surface area contributed by atoms with Gasteiger partial charge in [0.05, 0.1) is 18.3 Å². The maximum atomic E-state index is 2.49. The monoisotopic (exact) mass is 456 g/mol. The number of hydrogen-bond donors (Lipinski definition) is 0. The minimum Gasteiger partial charge on any atom is -0.302 e. The summed E-state index contributed by atoms with van der Waals surface area (Å²) in [6.45, 7) is 8.91. The third kappa shape index (κ3) is 3.15.